The van der Waals surface area contributed by atoms with Crippen molar-refractivity contribution in [1.82, 2.24) is 9.55 Å². The molecule has 3 rings (SSSR count). The number of benzene rings is 1. The van der Waals surface area contributed by atoms with Gasteiger partial charge in [0.1, 0.15) is 12.0 Å². The van der Waals surface area contributed by atoms with Gasteiger partial charge in [-0.2, -0.15) is 5.10 Å². The number of anilines is 1. The topological polar surface area (TPSA) is 85.3 Å². The molecule has 0 aliphatic carbocycles. The summed E-state index contributed by atoms with van der Waals surface area (Å²) in [5.74, 6) is 0.409. The largest absolute Gasteiger partial charge is 0.316 e. The molecule has 0 fully saturated rings. The summed E-state index contributed by atoms with van der Waals surface area (Å²) in [6, 6.07) is 10.2. The van der Waals surface area contributed by atoms with E-state index in [9.17, 15) is 10.1 Å². The molecular formula is C18H15Cl2N5O2. The van der Waals surface area contributed by atoms with E-state index in [0.717, 1.165) is 22.6 Å². The average molecular weight is 404 g/mol. The van der Waals surface area contributed by atoms with Gasteiger partial charge in [-0.15, -0.1) is 0 Å². The van der Waals surface area contributed by atoms with Gasteiger partial charge in [0.05, 0.1) is 21.8 Å². The predicted octanol–water partition coefficient (Wildman–Crippen LogP) is 5.15. The quantitative estimate of drug-likeness (QED) is 0.362. The molecule has 27 heavy (non-hydrogen) atoms. The fourth-order valence-corrected chi connectivity index (χ4v) is 3.17. The van der Waals surface area contributed by atoms with Crippen molar-refractivity contribution >= 4 is 40.9 Å². The summed E-state index contributed by atoms with van der Waals surface area (Å²) < 4.78 is 2.02. The highest BCUT2D eigenvalue weighted by Gasteiger charge is 2.12. The minimum atomic E-state index is -0.503. The lowest BCUT2D eigenvalue weighted by Gasteiger charge is -2.11. The fraction of sp³-hybridized carbons (Fsp3) is 0.111. The Morgan fingerprint density at radius 1 is 1.22 bits per heavy atom. The smallest absolute Gasteiger partial charge is 0.287 e. The summed E-state index contributed by atoms with van der Waals surface area (Å²) >= 11 is 12.3. The van der Waals surface area contributed by atoms with Crippen LogP contribution in [-0.2, 0) is 0 Å². The Hall–Kier alpha value is -2.90. The van der Waals surface area contributed by atoms with Crippen LogP contribution in [0.15, 0.2) is 47.7 Å². The molecule has 0 atom stereocenters. The first-order valence-corrected chi connectivity index (χ1v) is 8.66. The first-order chi connectivity index (χ1) is 12.9. The van der Waals surface area contributed by atoms with Gasteiger partial charge in [0.25, 0.3) is 5.69 Å². The van der Waals surface area contributed by atoms with E-state index in [1.54, 1.807) is 18.3 Å². The number of hydrazone groups is 1. The van der Waals surface area contributed by atoms with Crippen LogP contribution in [0.2, 0.25) is 10.0 Å². The minimum Gasteiger partial charge on any atom is -0.316 e. The molecule has 2 aromatic heterocycles. The molecular weight excluding hydrogens is 389 g/mol. The second-order valence-electron chi connectivity index (χ2n) is 5.79. The van der Waals surface area contributed by atoms with Crippen molar-refractivity contribution in [2.24, 2.45) is 5.10 Å². The van der Waals surface area contributed by atoms with Crippen LogP contribution in [0.3, 0.4) is 0 Å². The number of rotatable bonds is 5. The van der Waals surface area contributed by atoms with Crippen molar-refractivity contribution in [3.05, 3.63) is 79.7 Å². The molecule has 0 aliphatic heterocycles. The molecule has 0 aliphatic rings. The monoisotopic (exact) mass is 403 g/mol. The third-order valence-electron chi connectivity index (χ3n) is 3.96. The summed E-state index contributed by atoms with van der Waals surface area (Å²) in [4.78, 5) is 14.1. The maximum absolute atomic E-state index is 10.6. The van der Waals surface area contributed by atoms with Gasteiger partial charge in [-0.3, -0.25) is 15.5 Å². The van der Waals surface area contributed by atoms with Gasteiger partial charge in [-0.25, -0.2) is 4.98 Å². The van der Waals surface area contributed by atoms with Crippen LogP contribution in [0.1, 0.15) is 17.0 Å². The molecule has 3 aromatic rings. The van der Waals surface area contributed by atoms with Crippen molar-refractivity contribution in [1.29, 1.82) is 0 Å². The lowest BCUT2D eigenvalue weighted by atomic mass is 10.2. The molecule has 0 radical (unpaired) electrons. The van der Waals surface area contributed by atoms with Crippen LogP contribution in [0.4, 0.5) is 11.5 Å². The van der Waals surface area contributed by atoms with Crippen molar-refractivity contribution < 1.29 is 4.92 Å². The third kappa shape index (κ3) is 4.10. The number of pyridine rings is 1. The Morgan fingerprint density at radius 3 is 2.63 bits per heavy atom. The number of nitrogens with one attached hydrogen (secondary N) is 1. The third-order valence-corrected chi connectivity index (χ3v) is 4.50. The van der Waals surface area contributed by atoms with Gasteiger partial charge in [-0.05, 0) is 44.2 Å². The maximum Gasteiger partial charge on any atom is 0.287 e. The van der Waals surface area contributed by atoms with Crippen LogP contribution in [-0.4, -0.2) is 20.7 Å². The van der Waals surface area contributed by atoms with E-state index in [2.05, 4.69) is 15.5 Å². The first kappa shape index (κ1) is 18.9. The number of aromatic nitrogens is 2. The van der Waals surface area contributed by atoms with Crippen molar-refractivity contribution in [2.75, 3.05) is 5.43 Å². The van der Waals surface area contributed by atoms with Crippen LogP contribution in [0.5, 0.6) is 0 Å². The van der Waals surface area contributed by atoms with E-state index in [-0.39, 0.29) is 5.69 Å². The summed E-state index contributed by atoms with van der Waals surface area (Å²) in [7, 11) is 0. The highest BCUT2D eigenvalue weighted by molar-refractivity contribution is 6.35. The molecule has 2 heterocycles. The number of hydrogen-bond acceptors (Lipinski definition) is 5. The zero-order valence-electron chi connectivity index (χ0n) is 14.5. The van der Waals surface area contributed by atoms with Crippen LogP contribution in [0.25, 0.3) is 5.69 Å². The molecule has 7 nitrogen and oxygen atoms in total. The first-order valence-electron chi connectivity index (χ1n) is 7.90. The van der Waals surface area contributed by atoms with Gasteiger partial charge in [0.2, 0.25) is 0 Å². The van der Waals surface area contributed by atoms with E-state index >= 15 is 0 Å². The zero-order chi connectivity index (χ0) is 19.6. The Bertz CT molecular complexity index is 1030. The molecule has 1 N–H and O–H groups in total. The van der Waals surface area contributed by atoms with Crippen LogP contribution < -0.4 is 5.43 Å². The van der Waals surface area contributed by atoms with Crippen molar-refractivity contribution in [3.63, 3.8) is 0 Å². The highest BCUT2D eigenvalue weighted by atomic mass is 35.5. The molecule has 9 heteroatoms. The molecule has 0 bridgehead atoms. The molecule has 0 unspecified atom stereocenters. The Labute approximate surface area is 165 Å². The van der Waals surface area contributed by atoms with Gasteiger partial charge >= 0.3 is 0 Å². The van der Waals surface area contributed by atoms with Gasteiger partial charge in [0.15, 0.2) is 0 Å². The fourth-order valence-electron chi connectivity index (χ4n) is 2.68. The Balaban J connectivity index is 1.82. The van der Waals surface area contributed by atoms with E-state index in [1.807, 2.05) is 30.5 Å². The minimum absolute atomic E-state index is 0.0760. The molecule has 138 valence electrons. The second-order valence-corrected chi connectivity index (χ2v) is 6.63. The molecule has 0 amide bonds. The number of halogens is 2. The van der Waals surface area contributed by atoms with E-state index in [0.29, 0.717) is 15.9 Å². The number of nitro groups is 1. The summed E-state index contributed by atoms with van der Waals surface area (Å²) in [5, 5.41) is 15.9. The second kappa shape index (κ2) is 7.77. The van der Waals surface area contributed by atoms with E-state index < -0.39 is 4.92 Å². The van der Waals surface area contributed by atoms with Crippen LogP contribution in [0, 0.1) is 24.0 Å². The Morgan fingerprint density at radius 2 is 2.00 bits per heavy atom. The van der Waals surface area contributed by atoms with Crippen molar-refractivity contribution in [2.45, 2.75) is 13.8 Å². The SMILES string of the molecule is Cc1cc(/C=N/Nc2ccc([N+](=O)[O-])cn2)c(C)n1-c1ccc(Cl)cc1Cl. The number of nitrogens with zero attached hydrogens (tertiary/aromatic N) is 4. The molecule has 0 spiro atoms. The maximum atomic E-state index is 10.6. The number of hydrogen-bond donors (Lipinski definition) is 1. The lowest BCUT2D eigenvalue weighted by Crippen LogP contribution is -2.01. The van der Waals surface area contributed by atoms with Crippen molar-refractivity contribution in [3.8, 4) is 5.69 Å². The van der Waals surface area contributed by atoms with E-state index in [4.69, 9.17) is 23.2 Å². The highest BCUT2D eigenvalue weighted by Crippen LogP contribution is 2.28. The standard InChI is InChI=1S/C18H15Cl2N5O2/c1-11-7-13(9-22-23-18-6-4-15(10-21-18)25(26)27)12(2)24(11)17-5-3-14(19)8-16(17)20/h3-10H,1-2H3,(H,21,23)/b22-9+. The van der Waals surface area contributed by atoms with Gasteiger partial charge in [0, 0.05) is 28.0 Å². The summed E-state index contributed by atoms with van der Waals surface area (Å²) in [5.41, 5.74) is 6.36. The van der Waals surface area contributed by atoms with E-state index in [1.165, 1.54) is 18.3 Å². The molecule has 0 saturated heterocycles. The molecule has 0 saturated carbocycles. The summed E-state index contributed by atoms with van der Waals surface area (Å²) in [6.45, 7) is 3.93. The zero-order valence-corrected chi connectivity index (χ0v) is 16.0. The van der Waals surface area contributed by atoms with Gasteiger partial charge in [-0.1, -0.05) is 23.2 Å². The number of aryl methyl sites for hydroxylation is 1. The lowest BCUT2D eigenvalue weighted by molar-refractivity contribution is -0.385. The molecule has 1 aromatic carbocycles. The average Bonchev–Trinajstić information content (AvgIpc) is 2.90. The summed E-state index contributed by atoms with van der Waals surface area (Å²) in [6.07, 6.45) is 2.83. The predicted molar refractivity (Wildman–Crippen MR) is 107 cm³/mol. The van der Waals surface area contributed by atoms with Gasteiger partial charge < -0.3 is 4.57 Å². The van der Waals surface area contributed by atoms with Crippen LogP contribution >= 0.6 is 23.2 Å². The normalized spacial score (nSPS) is 11.1. The Kier molecular flexibility index (Phi) is 5.43.